The van der Waals surface area contributed by atoms with Gasteiger partial charge in [0.1, 0.15) is 0 Å². The maximum atomic E-state index is 5.30. The maximum Gasteiger partial charge on any atom is 0.151 e. The molecule has 0 saturated carbocycles. The Morgan fingerprint density at radius 1 is 1.53 bits per heavy atom. The van der Waals surface area contributed by atoms with Gasteiger partial charge in [0, 0.05) is 12.6 Å². The van der Waals surface area contributed by atoms with Crippen LogP contribution < -0.4 is 5.32 Å². The lowest BCUT2D eigenvalue weighted by Gasteiger charge is -2.14. The van der Waals surface area contributed by atoms with Crippen LogP contribution in [0.25, 0.3) is 0 Å². The lowest BCUT2D eigenvalue weighted by Crippen LogP contribution is -2.22. The van der Waals surface area contributed by atoms with Crippen molar-refractivity contribution in [3.8, 4) is 12.3 Å². The normalized spacial score (nSPS) is 10.7. The molecular formula is C13H21N3O. The highest BCUT2D eigenvalue weighted by Crippen LogP contribution is 2.07. The maximum absolute atomic E-state index is 5.30. The summed E-state index contributed by atoms with van der Waals surface area (Å²) in [6, 6.07) is 1.99. The summed E-state index contributed by atoms with van der Waals surface area (Å²) < 4.78 is 5.27. The van der Waals surface area contributed by atoms with Gasteiger partial charge in [0.2, 0.25) is 0 Å². The number of nitrogens with zero attached hydrogens (tertiary/aromatic N) is 2. The van der Waals surface area contributed by atoms with Gasteiger partial charge in [0.15, 0.2) is 5.76 Å². The van der Waals surface area contributed by atoms with Crippen molar-refractivity contribution in [2.45, 2.75) is 33.4 Å². The van der Waals surface area contributed by atoms with Crippen LogP contribution in [-0.4, -0.2) is 29.7 Å². The molecule has 0 aromatic carbocycles. The summed E-state index contributed by atoms with van der Waals surface area (Å²) in [5.74, 6) is 3.51. The number of hydrogen-bond acceptors (Lipinski definition) is 4. The van der Waals surface area contributed by atoms with Crippen LogP contribution in [0.3, 0.4) is 0 Å². The first-order valence-corrected chi connectivity index (χ1v) is 6.11. The smallest absolute Gasteiger partial charge is 0.151 e. The first-order chi connectivity index (χ1) is 8.30. The molecule has 0 aliphatic carbocycles. The molecule has 0 saturated heterocycles. The Morgan fingerprint density at radius 2 is 2.35 bits per heavy atom. The van der Waals surface area contributed by atoms with Gasteiger partial charge in [0.25, 0.3) is 0 Å². The predicted octanol–water partition coefficient (Wildman–Crippen LogP) is 1.63. The van der Waals surface area contributed by atoms with E-state index in [0.29, 0.717) is 6.54 Å². The Bertz CT molecular complexity index is 354. The third-order valence-electron chi connectivity index (χ3n) is 2.48. The first-order valence-electron chi connectivity index (χ1n) is 6.11. The van der Waals surface area contributed by atoms with Gasteiger partial charge >= 0.3 is 0 Å². The highest BCUT2D eigenvalue weighted by Gasteiger charge is 2.07. The molecule has 0 aliphatic heterocycles. The zero-order chi connectivity index (χ0) is 12.5. The third kappa shape index (κ3) is 5.03. The van der Waals surface area contributed by atoms with E-state index in [1.807, 2.05) is 6.07 Å². The molecule has 17 heavy (non-hydrogen) atoms. The number of terminal acetylenes is 1. The van der Waals surface area contributed by atoms with E-state index in [1.165, 1.54) is 0 Å². The summed E-state index contributed by atoms with van der Waals surface area (Å²) in [7, 11) is 0. The average Bonchev–Trinajstić information content (AvgIpc) is 2.77. The van der Waals surface area contributed by atoms with Gasteiger partial charge < -0.3 is 9.84 Å². The Morgan fingerprint density at radius 3 is 3.00 bits per heavy atom. The molecule has 0 bridgehead atoms. The second kappa shape index (κ2) is 7.88. The van der Waals surface area contributed by atoms with Crippen molar-refractivity contribution >= 4 is 0 Å². The van der Waals surface area contributed by atoms with E-state index < -0.39 is 0 Å². The van der Waals surface area contributed by atoms with Crippen molar-refractivity contribution in [3.63, 3.8) is 0 Å². The summed E-state index contributed by atoms with van der Waals surface area (Å²) in [5, 5.41) is 7.31. The molecular weight excluding hydrogens is 214 g/mol. The molecule has 1 rings (SSSR count). The van der Waals surface area contributed by atoms with Crippen LogP contribution >= 0.6 is 0 Å². The number of nitrogens with one attached hydrogen (secondary N) is 1. The molecule has 4 heteroatoms. The highest BCUT2D eigenvalue weighted by molar-refractivity contribution is 5.05. The molecule has 4 nitrogen and oxygen atoms in total. The van der Waals surface area contributed by atoms with Gasteiger partial charge in [0.05, 0.1) is 18.8 Å². The first kappa shape index (κ1) is 13.8. The molecule has 0 amide bonds. The number of hydrogen-bond donors (Lipinski definition) is 1. The number of aromatic nitrogens is 1. The van der Waals surface area contributed by atoms with E-state index in [1.54, 1.807) is 0 Å². The predicted molar refractivity (Wildman–Crippen MR) is 68.3 cm³/mol. The molecule has 0 aliphatic rings. The highest BCUT2D eigenvalue weighted by atomic mass is 16.5. The molecule has 94 valence electrons. The second-order valence-electron chi connectivity index (χ2n) is 3.97. The quantitative estimate of drug-likeness (QED) is 0.549. The number of rotatable bonds is 8. The van der Waals surface area contributed by atoms with Crippen molar-refractivity contribution in [2.24, 2.45) is 0 Å². The van der Waals surface area contributed by atoms with E-state index in [4.69, 9.17) is 10.9 Å². The Labute approximate surface area is 103 Å². The van der Waals surface area contributed by atoms with Gasteiger partial charge in [-0.3, -0.25) is 4.90 Å². The van der Waals surface area contributed by atoms with Crippen molar-refractivity contribution in [2.75, 3.05) is 19.6 Å². The fourth-order valence-corrected chi connectivity index (χ4v) is 1.54. The monoisotopic (exact) mass is 235 g/mol. The lowest BCUT2D eigenvalue weighted by atomic mass is 10.3. The molecule has 1 heterocycles. The van der Waals surface area contributed by atoms with Crippen LogP contribution in [0.4, 0.5) is 0 Å². The molecule has 0 radical (unpaired) electrons. The SMILES string of the molecule is C#CCN(CC)Cc1cc(CNCCC)no1. The van der Waals surface area contributed by atoms with Crippen LogP contribution in [0.15, 0.2) is 10.6 Å². The molecule has 0 atom stereocenters. The Kier molecular flexibility index (Phi) is 6.38. The van der Waals surface area contributed by atoms with Crippen LogP contribution in [0.5, 0.6) is 0 Å². The van der Waals surface area contributed by atoms with Gasteiger partial charge in [-0.1, -0.05) is 24.9 Å². The molecule has 1 N–H and O–H groups in total. The molecule has 0 fully saturated rings. The van der Waals surface area contributed by atoms with E-state index in [9.17, 15) is 0 Å². The van der Waals surface area contributed by atoms with E-state index in [2.05, 4.69) is 35.1 Å². The van der Waals surface area contributed by atoms with E-state index >= 15 is 0 Å². The summed E-state index contributed by atoms with van der Waals surface area (Å²) >= 11 is 0. The summed E-state index contributed by atoms with van der Waals surface area (Å²) in [4.78, 5) is 2.13. The molecule has 1 aromatic rings. The van der Waals surface area contributed by atoms with Gasteiger partial charge in [-0.05, 0) is 19.5 Å². The average molecular weight is 235 g/mol. The van der Waals surface area contributed by atoms with Gasteiger partial charge in [-0.15, -0.1) is 6.42 Å². The van der Waals surface area contributed by atoms with Crippen molar-refractivity contribution < 1.29 is 4.52 Å². The zero-order valence-electron chi connectivity index (χ0n) is 10.7. The summed E-state index contributed by atoms with van der Waals surface area (Å²) in [5.41, 5.74) is 0.949. The minimum Gasteiger partial charge on any atom is -0.360 e. The van der Waals surface area contributed by atoms with Crippen molar-refractivity contribution in [1.29, 1.82) is 0 Å². The second-order valence-corrected chi connectivity index (χ2v) is 3.97. The van der Waals surface area contributed by atoms with Crippen molar-refractivity contribution in [1.82, 2.24) is 15.4 Å². The molecule has 1 aromatic heterocycles. The zero-order valence-corrected chi connectivity index (χ0v) is 10.7. The fraction of sp³-hybridized carbons (Fsp3) is 0.615. The largest absolute Gasteiger partial charge is 0.360 e. The Hall–Kier alpha value is -1.31. The topological polar surface area (TPSA) is 41.3 Å². The Balaban J connectivity index is 2.41. The minimum absolute atomic E-state index is 0.640. The van der Waals surface area contributed by atoms with Gasteiger partial charge in [-0.2, -0.15) is 0 Å². The minimum atomic E-state index is 0.640. The summed E-state index contributed by atoms with van der Waals surface area (Å²) in [6.45, 7) is 8.26. The van der Waals surface area contributed by atoms with Crippen LogP contribution in [0.2, 0.25) is 0 Å². The van der Waals surface area contributed by atoms with E-state index in [-0.39, 0.29) is 0 Å². The van der Waals surface area contributed by atoms with E-state index in [0.717, 1.165) is 44.1 Å². The fourth-order valence-electron chi connectivity index (χ4n) is 1.54. The third-order valence-corrected chi connectivity index (χ3v) is 2.48. The van der Waals surface area contributed by atoms with Crippen LogP contribution in [0, 0.1) is 12.3 Å². The standard InChI is InChI=1S/C13H21N3O/c1-4-7-14-10-12-9-13(17-15-12)11-16(6-3)8-5-2/h2,9,14H,4,6-8,10-11H2,1,3H3. The van der Waals surface area contributed by atoms with Crippen LogP contribution in [0.1, 0.15) is 31.7 Å². The summed E-state index contributed by atoms with van der Waals surface area (Å²) in [6.07, 6.45) is 6.42. The molecule has 0 unspecified atom stereocenters. The lowest BCUT2D eigenvalue weighted by molar-refractivity contribution is 0.264. The van der Waals surface area contributed by atoms with Crippen molar-refractivity contribution in [3.05, 3.63) is 17.5 Å². The van der Waals surface area contributed by atoms with Gasteiger partial charge in [-0.25, -0.2) is 0 Å². The van der Waals surface area contributed by atoms with Crippen LogP contribution in [-0.2, 0) is 13.1 Å². The molecule has 0 spiro atoms.